The van der Waals surface area contributed by atoms with Crippen LogP contribution < -0.4 is 19.7 Å². The molecule has 3 heterocycles. The van der Waals surface area contributed by atoms with E-state index in [0.29, 0.717) is 43.4 Å². The summed E-state index contributed by atoms with van der Waals surface area (Å²) in [5.74, 6) is 1.02. The van der Waals surface area contributed by atoms with E-state index in [1.165, 1.54) is 10.4 Å². The Kier molecular flexibility index (Phi) is 6.13. The summed E-state index contributed by atoms with van der Waals surface area (Å²) in [5.41, 5.74) is 2.00. The average Bonchev–Trinajstić information content (AvgIpc) is 3.54. The highest BCUT2D eigenvalue weighted by molar-refractivity contribution is 7.89. The topological polar surface area (TPSA) is 97.4 Å². The molecular weight excluding hydrogens is 446 g/mol. The maximum atomic E-state index is 13.3. The largest absolute Gasteiger partial charge is 0.454 e. The van der Waals surface area contributed by atoms with Crippen molar-refractivity contribution in [3.05, 3.63) is 47.5 Å². The molecule has 0 bridgehead atoms. The van der Waals surface area contributed by atoms with Gasteiger partial charge in [0.05, 0.1) is 23.7 Å². The number of fused-ring (bicyclic) bond motifs is 1. The molecule has 9 nitrogen and oxygen atoms in total. The second-order valence-electron chi connectivity index (χ2n) is 8.26. The van der Waals surface area contributed by atoms with Crippen LogP contribution in [0.3, 0.4) is 0 Å². The normalized spacial score (nSPS) is 18.5. The molecule has 10 heteroatoms. The van der Waals surface area contributed by atoms with Crippen LogP contribution in [0.4, 0.5) is 5.69 Å². The highest BCUT2D eigenvalue weighted by Crippen LogP contribution is 2.33. The highest BCUT2D eigenvalue weighted by atomic mass is 32.2. The fourth-order valence-electron chi connectivity index (χ4n) is 4.36. The second kappa shape index (κ2) is 9.20. The minimum absolute atomic E-state index is 0.126. The van der Waals surface area contributed by atoms with Crippen LogP contribution in [0.2, 0.25) is 0 Å². The van der Waals surface area contributed by atoms with Gasteiger partial charge in [-0.2, -0.15) is 4.31 Å². The molecule has 2 saturated heterocycles. The number of morpholine rings is 1. The van der Waals surface area contributed by atoms with Crippen LogP contribution in [0.5, 0.6) is 11.5 Å². The average molecular weight is 474 g/mol. The summed E-state index contributed by atoms with van der Waals surface area (Å²) in [5, 5.41) is 2.94. The number of sulfonamides is 1. The number of amides is 1. The summed E-state index contributed by atoms with van der Waals surface area (Å²) in [4.78, 5) is 15.5. The van der Waals surface area contributed by atoms with Crippen LogP contribution in [0.15, 0.2) is 41.3 Å². The molecule has 0 aromatic heterocycles. The van der Waals surface area contributed by atoms with Crippen molar-refractivity contribution < 1.29 is 27.4 Å². The van der Waals surface area contributed by atoms with Gasteiger partial charge in [-0.25, -0.2) is 8.42 Å². The number of nitrogens with zero attached hydrogens (tertiary/aromatic N) is 2. The van der Waals surface area contributed by atoms with Gasteiger partial charge in [-0.3, -0.25) is 4.79 Å². The molecule has 2 fully saturated rings. The minimum Gasteiger partial charge on any atom is -0.454 e. The van der Waals surface area contributed by atoms with E-state index in [9.17, 15) is 13.2 Å². The summed E-state index contributed by atoms with van der Waals surface area (Å²) in [6.45, 7) is 3.52. The molecule has 0 radical (unpaired) electrons. The van der Waals surface area contributed by atoms with Crippen molar-refractivity contribution in [2.24, 2.45) is 0 Å². The lowest BCUT2D eigenvalue weighted by molar-refractivity contribution is 0.0730. The highest BCUT2D eigenvalue weighted by Gasteiger charge is 2.29. The molecule has 3 aliphatic rings. The Bertz CT molecular complexity index is 1140. The third kappa shape index (κ3) is 4.50. The zero-order valence-corrected chi connectivity index (χ0v) is 19.1. The van der Waals surface area contributed by atoms with Crippen molar-refractivity contribution in [1.29, 1.82) is 0 Å². The van der Waals surface area contributed by atoms with Crippen LogP contribution >= 0.6 is 0 Å². The summed E-state index contributed by atoms with van der Waals surface area (Å²) in [6, 6.07) is 10.4. The SMILES string of the molecule is O=C(NCc1ccc2c(c1)OCO2)c1cc(S(=O)(=O)N2CCOCC2)ccc1N1CCCC1. The Labute approximate surface area is 193 Å². The standard InChI is InChI=1S/C23H27N3O6S/c27-23(24-15-17-3-6-21-22(13-17)32-16-31-21)19-14-18(4-5-20(19)25-7-1-2-8-25)33(28,29)26-9-11-30-12-10-26/h3-6,13-14H,1-2,7-12,15-16H2,(H,24,27). The van der Waals surface area contributed by atoms with E-state index < -0.39 is 10.0 Å². The van der Waals surface area contributed by atoms with Crippen LogP contribution in [0.25, 0.3) is 0 Å². The van der Waals surface area contributed by atoms with Gasteiger partial charge in [0.2, 0.25) is 16.8 Å². The van der Waals surface area contributed by atoms with Crippen molar-refractivity contribution in [1.82, 2.24) is 9.62 Å². The van der Waals surface area contributed by atoms with Gasteiger partial charge in [-0.05, 0) is 48.7 Å². The fourth-order valence-corrected chi connectivity index (χ4v) is 5.79. The van der Waals surface area contributed by atoms with Crippen molar-refractivity contribution in [3.63, 3.8) is 0 Å². The Morgan fingerprint density at radius 1 is 0.939 bits per heavy atom. The minimum atomic E-state index is -3.71. The van der Waals surface area contributed by atoms with E-state index in [-0.39, 0.29) is 24.1 Å². The third-order valence-electron chi connectivity index (χ3n) is 6.16. The first-order valence-corrected chi connectivity index (χ1v) is 12.6. The molecule has 1 N–H and O–H groups in total. The molecule has 0 aliphatic carbocycles. The molecule has 0 unspecified atom stereocenters. The quantitative estimate of drug-likeness (QED) is 0.685. The van der Waals surface area contributed by atoms with Crippen LogP contribution in [-0.2, 0) is 21.3 Å². The van der Waals surface area contributed by atoms with Gasteiger partial charge in [-0.1, -0.05) is 6.07 Å². The summed E-state index contributed by atoms with van der Waals surface area (Å²) < 4.78 is 43.8. The van der Waals surface area contributed by atoms with Gasteiger partial charge in [0.1, 0.15) is 0 Å². The number of carbonyl (C=O) groups is 1. The zero-order chi connectivity index (χ0) is 22.8. The van der Waals surface area contributed by atoms with Crippen LogP contribution in [-0.4, -0.2) is 64.8 Å². The zero-order valence-electron chi connectivity index (χ0n) is 18.3. The van der Waals surface area contributed by atoms with Crippen LogP contribution in [0, 0.1) is 0 Å². The van der Waals surface area contributed by atoms with Crippen LogP contribution in [0.1, 0.15) is 28.8 Å². The molecule has 2 aromatic rings. The second-order valence-corrected chi connectivity index (χ2v) is 10.2. The molecule has 0 spiro atoms. The van der Waals surface area contributed by atoms with Gasteiger partial charge >= 0.3 is 0 Å². The van der Waals surface area contributed by atoms with Crippen molar-refractivity contribution >= 4 is 21.6 Å². The number of rotatable bonds is 6. The lowest BCUT2D eigenvalue weighted by Gasteiger charge is -2.27. The first-order chi connectivity index (χ1) is 16.0. The van der Waals surface area contributed by atoms with E-state index >= 15 is 0 Å². The van der Waals surface area contributed by atoms with Gasteiger partial charge in [0, 0.05) is 38.4 Å². The smallest absolute Gasteiger partial charge is 0.253 e. The number of hydrogen-bond acceptors (Lipinski definition) is 7. The van der Waals surface area contributed by atoms with Gasteiger partial charge in [0.15, 0.2) is 11.5 Å². The molecule has 2 aromatic carbocycles. The Morgan fingerprint density at radius 2 is 1.70 bits per heavy atom. The van der Waals surface area contributed by atoms with E-state index in [1.54, 1.807) is 12.1 Å². The lowest BCUT2D eigenvalue weighted by Crippen LogP contribution is -2.40. The number of carbonyl (C=O) groups excluding carboxylic acids is 1. The summed E-state index contributed by atoms with van der Waals surface area (Å²) in [7, 11) is -3.71. The molecule has 3 aliphatic heterocycles. The van der Waals surface area contributed by atoms with E-state index in [0.717, 1.165) is 37.2 Å². The number of hydrogen-bond donors (Lipinski definition) is 1. The molecule has 0 saturated carbocycles. The molecule has 0 atom stereocenters. The van der Waals surface area contributed by atoms with Crippen molar-refractivity contribution in [2.45, 2.75) is 24.3 Å². The van der Waals surface area contributed by atoms with Gasteiger partial charge < -0.3 is 24.4 Å². The Hall–Kier alpha value is -2.82. The first-order valence-electron chi connectivity index (χ1n) is 11.2. The molecule has 1 amide bonds. The van der Waals surface area contributed by atoms with E-state index in [2.05, 4.69) is 10.2 Å². The number of anilines is 1. The van der Waals surface area contributed by atoms with Gasteiger partial charge in [-0.15, -0.1) is 0 Å². The molecule has 5 rings (SSSR count). The van der Waals surface area contributed by atoms with E-state index in [1.807, 2.05) is 18.2 Å². The number of ether oxygens (including phenoxy) is 3. The number of nitrogens with one attached hydrogen (secondary N) is 1. The van der Waals surface area contributed by atoms with E-state index in [4.69, 9.17) is 14.2 Å². The van der Waals surface area contributed by atoms with Crippen molar-refractivity contribution in [3.8, 4) is 11.5 Å². The Balaban J connectivity index is 1.40. The number of benzene rings is 2. The molecule has 33 heavy (non-hydrogen) atoms. The first kappa shape index (κ1) is 22.0. The summed E-state index contributed by atoms with van der Waals surface area (Å²) >= 11 is 0. The lowest BCUT2D eigenvalue weighted by atomic mass is 10.1. The predicted molar refractivity (Wildman–Crippen MR) is 121 cm³/mol. The fraction of sp³-hybridized carbons (Fsp3) is 0.435. The summed E-state index contributed by atoms with van der Waals surface area (Å²) in [6.07, 6.45) is 2.10. The molecule has 176 valence electrons. The maximum absolute atomic E-state index is 13.3. The van der Waals surface area contributed by atoms with Gasteiger partial charge in [0.25, 0.3) is 5.91 Å². The maximum Gasteiger partial charge on any atom is 0.253 e. The predicted octanol–water partition coefficient (Wildman–Crippen LogP) is 1.97. The third-order valence-corrected chi connectivity index (χ3v) is 8.05. The van der Waals surface area contributed by atoms with Crippen molar-refractivity contribution in [2.75, 3.05) is 51.1 Å². The monoisotopic (exact) mass is 473 g/mol. The molecular formula is C23H27N3O6S. The Morgan fingerprint density at radius 3 is 2.48 bits per heavy atom.